The van der Waals surface area contributed by atoms with Crippen molar-refractivity contribution < 1.29 is 9.53 Å². The number of hydrogen-bond acceptors (Lipinski definition) is 8. The van der Waals surface area contributed by atoms with Crippen LogP contribution in [0.5, 0.6) is 0 Å². The summed E-state index contributed by atoms with van der Waals surface area (Å²) in [6.45, 7) is 4.78. The molecule has 0 spiro atoms. The molecule has 0 radical (unpaired) electrons. The van der Waals surface area contributed by atoms with Crippen molar-refractivity contribution in [3.63, 3.8) is 0 Å². The standard InChI is InChI=1S/C22H24N4O3S3/c1-14-4-2-6-25-18(14)23-19(24-7-10-31-11-8-24)16(20(25)27)12-17-21(28)26(22(30)32-17)13-15-5-3-9-29-15/h2,4,6,12,15H,3,5,7-11,13H2,1H3/b17-12-/t15-/m1/s1. The molecule has 0 aliphatic carbocycles. The molecule has 0 N–H and O–H groups in total. The first-order valence-electron chi connectivity index (χ1n) is 10.7. The molecular formula is C22H24N4O3S3. The van der Waals surface area contributed by atoms with E-state index in [0.29, 0.717) is 32.8 Å². The van der Waals surface area contributed by atoms with Gasteiger partial charge in [-0.05, 0) is 37.5 Å². The number of thiocarbonyl (C=S) groups is 1. The fraction of sp³-hybridized carbons (Fsp3) is 0.455. The van der Waals surface area contributed by atoms with Crippen molar-refractivity contribution in [2.45, 2.75) is 25.9 Å². The van der Waals surface area contributed by atoms with Gasteiger partial charge in [0.25, 0.3) is 11.5 Å². The van der Waals surface area contributed by atoms with Crippen molar-refractivity contribution in [1.82, 2.24) is 14.3 Å². The Morgan fingerprint density at radius 3 is 2.88 bits per heavy atom. The van der Waals surface area contributed by atoms with Crippen molar-refractivity contribution in [2.24, 2.45) is 0 Å². The number of anilines is 1. The number of aryl methyl sites for hydroxylation is 1. The highest BCUT2D eigenvalue weighted by Crippen LogP contribution is 2.34. The zero-order chi connectivity index (χ0) is 22.2. The summed E-state index contributed by atoms with van der Waals surface area (Å²) in [5.41, 5.74) is 1.86. The van der Waals surface area contributed by atoms with Gasteiger partial charge in [0.1, 0.15) is 15.8 Å². The fourth-order valence-corrected chi connectivity index (χ4v) is 6.38. The van der Waals surface area contributed by atoms with E-state index in [1.807, 2.05) is 30.8 Å². The van der Waals surface area contributed by atoms with Crippen LogP contribution >= 0.6 is 35.7 Å². The third kappa shape index (κ3) is 4.09. The van der Waals surface area contributed by atoms with E-state index in [-0.39, 0.29) is 17.6 Å². The molecule has 2 aromatic heterocycles. The number of fused-ring (bicyclic) bond motifs is 1. The van der Waals surface area contributed by atoms with Crippen molar-refractivity contribution >= 4 is 63.5 Å². The van der Waals surface area contributed by atoms with E-state index in [1.54, 1.807) is 21.6 Å². The van der Waals surface area contributed by atoms with Crippen molar-refractivity contribution in [2.75, 3.05) is 42.6 Å². The van der Waals surface area contributed by atoms with Crippen molar-refractivity contribution in [3.8, 4) is 0 Å². The van der Waals surface area contributed by atoms with Crippen LogP contribution in [0.25, 0.3) is 11.7 Å². The van der Waals surface area contributed by atoms with Gasteiger partial charge in [-0.1, -0.05) is 30.0 Å². The maximum Gasteiger partial charge on any atom is 0.267 e. The Bertz CT molecular complexity index is 1170. The molecule has 10 heteroatoms. The number of pyridine rings is 1. The van der Waals surface area contributed by atoms with Gasteiger partial charge in [0, 0.05) is 37.4 Å². The van der Waals surface area contributed by atoms with Gasteiger partial charge in [0.2, 0.25) is 0 Å². The first kappa shape index (κ1) is 21.9. The van der Waals surface area contributed by atoms with Gasteiger partial charge >= 0.3 is 0 Å². The lowest BCUT2D eigenvalue weighted by atomic mass is 10.2. The van der Waals surface area contributed by atoms with E-state index in [4.69, 9.17) is 21.9 Å². The maximum absolute atomic E-state index is 13.5. The second-order valence-corrected chi connectivity index (χ2v) is 11.0. The third-order valence-corrected chi connectivity index (χ3v) is 8.25. The summed E-state index contributed by atoms with van der Waals surface area (Å²) < 4.78 is 7.77. The summed E-state index contributed by atoms with van der Waals surface area (Å²) in [5, 5.41) is 0. The minimum absolute atomic E-state index is 0.0224. The summed E-state index contributed by atoms with van der Waals surface area (Å²) in [7, 11) is 0. The van der Waals surface area contributed by atoms with Crippen LogP contribution in [-0.2, 0) is 9.53 Å². The Morgan fingerprint density at radius 1 is 1.31 bits per heavy atom. The minimum atomic E-state index is -0.170. The van der Waals surface area contributed by atoms with Gasteiger partial charge in [-0.25, -0.2) is 4.98 Å². The highest BCUT2D eigenvalue weighted by atomic mass is 32.2. The largest absolute Gasteiger partial charge is 0.376 e. The molecule has 0 unspecified atom stereocenters. The number of amides is 1. The zero-order valence-electron chi connectivity index (χ0n) is 17.8. The number of hydrogen-bond donors (Lipinski definition) is 0. The first-order chi connectivity index (χ1) is 15.5. The van der Waals surface area contributed by atoms with Gasteiger partial charge in [-0.15, -0.1) is 0 Å². The topological polar surface area (TPSA) is 67.2 Å². The molecule has 0 saturated carbocycles. The Kier molecular flexibility index (Phi) is 6.28. The molecule has 3 saturated heterocycles. The Morgan fingerprint density at radius 2 is 2.12 bits per heavy atom. The average molecular weight is 489 g/mol. The van der Waals surface area contributed by atoms with Crippen LogP contribution in [0.1, 0.15) is 24.0 Å². The summed E-state index contributed by atoms with van der Waals surface area (Å²) >= 11 is 8.63. The lowest BCUT2D eigenvalue weighted by Gasteiger charge is -2.29. The Balaban J connectivity index is 1.57. The van der Waals surface area contributed by atoms with Crippen LogP contribution in [0.4, 0.5) is 5.82 Å². The predicted molar refractivity (Wildman–Crippen MR) is 135 cm³/mol. The fourth-order valence-electron chi connectivity index (χ4n) is 4.22. The van der Waals surface area contributed by atoms with Gasteiger partial charge in [-0.2, -0.15) is 11.8 Å². The lowest BCUT2D eigenvalue weighted by Crippen LogP contribution is -2.36. The third-order valence-electron chi connectivity index (χ3n) is 5.93. The zero-order valence-corrected chi connectivity index (χ0v) is 20.2. The molecule has 2 aromatic rings. The van der Waals surface area contributed by atoms with E-state index in [2.05, 4.69) is 4.90 Å². The average Bonchev–Trinajstić information content (AvgIpc) is 3.41. The number of ether oxygens (including phenoxy) is 1. The van der Waals surface area contributed by atoms with Crippen LogP contribution < -0.4 is 10.5 Å². The second kappa shape index (κ2) is 9.17. The molecule has 3 aliphatic rings. The number of nitrogens with zero attached hydrogens (tertiary/aromatic N) is 4. The van der Waals surface area contributed by atoms with E-state index in [1.165, 1.54) is 11.8 Å². The minimum Gasteiger partial charge on any atom is -0.376 e. The van der Waals surface area contributed by atoms with E-state index in [0.717, 1.165) is 49.6 Å². The van der Waals surface area contributed by atoms with Crippen molar-refractivity contribution in [1.29, 1.82) is 0 Å². The predicted octanol–water partition coefficient (Wildman–Crippen LogP) is 2.94. The molecule has 1 atom stereocenters. The molecule has 32 heavy (non-hydrogen) atoms. The van der Waals surface area contributed by atoms with E-state index >= 15 is 0 Å². The number of carbonyl (C=O) groups excluding carboxylic acids is 1. The first-order valence-corrected chi connectivity index (χ1v) is 13.1. The molecule has 5 heterocycles. The number of aromatic nitrogens is 2. The quantitative estimate of drug-likeness (QED) is 0.481. The molecule has 5 rings (SSSR count). The van der Waals surface area contributed by atoms with E-state index in [9.17, 15) is 9.59 Å². The molecular weight excluding hydrogens is 464 g/mol. The van der Waals surface area contributed by atoms with E-state index < -0.39 is 0 Å². The molecule has 3 aliphatic heterocycles. The second-order valence-electron chi connectivity index (χ2n) is 8.07. The van der Waals surface area contributed by atoms with Crippen LogP contribution in [0.15, 0.2) is 28.0 Å². The van der Waals surface area contributed by atoms with Crippen LogP contribution in [0.2, 0.25) is 0 Å². The Labute approximate surface area is 200 Å². The number of thioether (sulfide) groups is 2. The summed E-state index contributed by atoms with van der Waals surface area (Å²) in [4.78, 5) is 35.8. The highest BCUT2D eigenvalue weighted by Gasteiger charge is 2.35. The van der Waals surface area contributed by atoms with Gasteiger partial charge in [0.05, 0.1) is 23.1 Å². The van der Waals surface area contributed by atoms with Gasteiger partial charge in [-0.3, -0.25) is 18.9 Å². The summed E-state index contributed by atoms with van der Waals surface area (Å²) in [5.74, 6) is 2.45. The summed E-state index contributed by atoms with van der Waals surface area (Å²) in [6.07, 6.45) is 5.38. The highest BCUT2D eigenvalue weighted by molar-refractivity contribution is 8.26. The molecule has 7 nitrogen and oxygen atoms in total. The molecule has 1 amide bonds. The van der Waals surface area contributed by atoms with Crippen LogP contribution in [0, 0.1) is 6.92 Å². The molecule has 0 bridgehead atoms. The Hall–Kier alpha value is -1.88. The smallest absolute Gasteiger partial charge is 0.267 e. The SMILES string of the molecule is Cc1cccn2c(=O)c(/C=C3\SC(=S)N(C[C@H]4CCCO4)C3=O)c(N3CCSCC3)nc12. The van der Waals surface area contributed by atoms with Gasteiger partial charge in [0.15, 0.2) is 0 Å². The van der Waals surface area contributed by atoms with Crippen molar-refractivity contribution in [3.05, 3.63) is 44.7 Å². The number of carbonyl (C=O) groups is 1. The molecule has 3 fully saturated rings. The van der Waals surface area contributed by atoms with Gasteiger partial charge < -0.3 is 9.64 Å². The summed E-state index contributed by atoms with van der Waals surface area (Å²) in [6, 6.07) is 3.79. The maximum atomic E-state index is 13.5. The normalized spacial score (nSPS) is 23.2. The van der Waals surface area contributed by atoms with Crippen LogP contribution in [-0.4, -0.2) is 68.4 Å². The number of rotatable bonds is 4. The molecule has 0 aromatic carbocycles. The monoisotopic (exact) mass is 488 g/mol. The lowest BCUT2D eigenvalue weighted by molar-refractivity contribution is -0.123. The molecule has 168 valence electrons. The van der Waals surface area contributed by atoms with Crippen LogP contribution in [0.3, 0.4) is 0 Å².